The number of nitrogens with one attached hydrogen (secondary N) is 1. The number of rotatable bonds is 16. The monoisotopic (exact) mass is 956 g/mol. The number of phosphoric acid groups is 3. The minimum absolute atomic E-state index is 0.0179. The number of phosphoric ester groups is 3. The second-order valence-corrected chi connectivity index (χ2v) is 18.2. The van der Waals surface area contributed by atoms with Crippen molar-refractivity contribution in [2.24, 2.45) is 0 Å². The summed E-state index contributed by atoms with van der Waals surface area (Å²) in [5.74, 6) is -0.197. The van der Waals surface area contributed by atoms with Crippen LogP contribution in [0, 0.1) is 6.92 Å². The normalized spacial score (nSPS) is 30.8. The number of H-pyrrole nitrogens is 1. The number of anilines is 2. The summed E-state index contributed by atoms with van der Waals surface area (Å²) in [7, 11) is -15.9. The lowest BCUT2D eigenvalue weighted by molar-refractivity contribution is -0.0624. The van der Waals surface area contributed by atoms with E-state index in [-0.39, 0.29) is 28.4 Å². The van der Waals surface area contributed by atoms with Gasteiger partial charge in [-0.05, 0) is 13.0 Å². The third-order valence-electron chi connectivity index (χ3n) is 9.80. The number of nitrogens with two attached hydrogens (primary N) is 2. The molecular formula is C29H39N10O21P3. The Morgan fingerprint density at radius 2 is 1.46 bits per heavy atom. The zero-order chi connectivity index (χ0) is 45.8. The van der Waals surface area contributed by atoms with E-state index in [2.05, 4.69) is 29.4 Å². The molecule has 3 aliphatic heterocycles. The Kier molecular flexibility index (Phi) is 13.4. The van der Waals surface area contributed by atoms with Crippen LogP contribution in [0.4, 0.5) is 11.6 Å². The van der Waals surface area contributed by atoms with Crippen molar-refractivity contribution in [1.29, 1.82) is 0 Å². The average molecular weight is 957 g/mol. The van der Waals surface area contributed by atoms with Crippen LogP contribution in [-0.2, 0) is 50.5 Å². The van der Waals surface area contributed by atoms with E-state index in [1.807, 2.05) is 0 Å². The van der Waals surface area contributed by atoms with Gasteiger partial charge in [0.15, 0.2) is 23.9 Å². The molecule has 7 heterocycles. The zero-order valence-electron chi connectivity index (χ0n) is 32.0. The third-order valence-corrected chi connectivity index (χ3v) is 12.3. The number of aromatic nitrogens is 8. The van der Waals surface area contributed by atoms with Gasteiger partial charge in [-0.25, -0.2) is 38.2 Å². The maximum absolute atomic E-state index is 13.4. The molecule has 4 aromatic rings. The van der Waals surface area contributed by atoms with Crippen molar-refractivity contribution < 1.29 is 85.4 Å². The van der Waals surface area contributed by atoms with E-state index in [0.29, 0.717) is 4.57 Å². The Bertz CT molecular complexity index is 2660. The number of hydrogen-bond donors (Lipinski definition) is 10. The first kappa shape index (κ1) is 46.8. The van der Waals surface area contributed by atoms with E-state index < -0.39 is 134 Å². The topological polar surface area (TPSA) is 452 Å². The van der Waals surface area contributed by atoms with E-state index in [1.54, 1.807) is 0 Å². The van der Waals surface area contributed by atoms with Gasteiger partial charge in [0.2, 0.25) is 0 Å². The molecule has 0 aromatic carbocycles. The van der Waals surface area contributed by atoms with Crippen LogP contribution >= 0.6 is 23.5 Å². The quantitative estimate of drug-likeness (QED) is 0.0485. The molecule has 0 spiro atoms. The number of nitrogens with zero attached hydrogens (tertiary/aromatic N) is 7. The van der Waals surface area contributed by atoms with Gasteiger partial charge in [0, 0.05) is 24.4 Å². The van der Waals surface area contributed by atoms with Crippen molar-refractivity contribution in [1.82, 2.24) is 38.6 Å². The number of ether oxygens (including phenoxy) is 3. The molecule has 4 aromatic heterocycles. The van der Waals surface area contributed by atoms with Gasteiger partial charge >= 0.3 is 34.8 Å². The highest BCUT2D eigenvalue weighted by atomic mass is 31.2. The minimum atomic E-state index is -5.47. The Morgan fingerprint density at radius 3 is 2.16 bits per heavy atom. The number of aliphatic hydroxyl groups excluding tert-OH is 3. The fraction of sp³-hybridized carbons (Fsp3) is 0.552. The summed E-state index contributed by atoms with van der Waals surface area (Å²) in [5.41, 5.74) is 8.88. The van der Waals surface area contributed by atoms with Crippen LogP contribution in [0.1, 0.15) is 30.7 Å². The predicted molar refractivity (Wildman–Crippen MR) is 202 cm³/mol. The van der Waals surface area contributed by atoms with Gasteiger partial charge in [0.05, 0.1) is 26.1 Å². The molecule has 63 heavy (non-hydrogen) atoms. The predicted octanol–water partition coefficient (Wildman–Crippen LogP) is -3.62. The Hall–Kier alpha value is -4.20. The molecule has 13 atom stereocenters. The van der Waals surface area contributed by atoms with E-state index in [1.165, 1.54) is 17.8 Å². The molecule has 0 radical (unpaired) electrons. The van der Waals surface area contributed by atoms with Gasteiger partial charge in [0.1, 0.15) is 72.7 Å². The Morgan fingerprint density at radius 1 is 0.810 bits per heavy atom. The van der Waals surface area contributed by atoms with E-state index in [9.17, 15) is 63.0 Å². The summed E-state index contributed by atoms with van der Waals surface area (Å²) in [4.78, 5) is 95.0. The number of hydrogen-bond acceptors (Lipinski definition) is 23. The molecule has 0 bridgehead atoms. The van der Waals surface area contributed by atoms with Gasteiger partial charge in [-0.3, -0.25) is 46.1 Å². The fourth-order valence-corrected chi connectivity index (χ4v) is 9.08. The molecule has 0 saturated carbocycles. The first-order valence-electron chi connectivity index (χ1n) is 18.1. The summed E-state index contributed by atoms with van der Waals surface area (Å²) >= 11 is 0. The van der Waals surface area contributed by atoms with Crippen LogP contribution in [-0.4, -0.2) is 142 Å². The third kappa shape index (κ3) is 10.4. The summed E-state index contributed by atoms with van der Waals surface area (Å²) in [6.07, 6.45) is -14.3. The average Bonchev–Trinajstić information content (AvgIpc) is 3.95. The standard InChI is InChI=1S/C29H39N10O21P3/c1-11-5-38(29(45)36-25(11)43)17-4-12(59-62(49,50)55-7-14-19(40)20(41)26(57-14)39-10-34-18-23(31)32-9-33-24(18)39)13(56-17)6-54-63(51,52)60-22-15(8-53-61(46,47)48)58-27(21(22)42)37-3-2-16(30)35-28(37)44/h2-3,5,9-10,12-15,17,19-22,26-27,40-42H,4,6-8H2,1H3,(H,49,50)(H,51,52)(H2,30,35,44)(H2,31,32,33)(H,36,43,45)(H2,46,47,48)/t12-,13+,14+,15+,17+,19+,20+,21+,22+,26+,27+/m0/s1. The van der Waals surface area contributed by atoms with E-state index in [4.69, 9.17) is 43.8 Å². The number of fused-ring (bicyclic) bond motifs is 1. The molecule has 34 heteroatoms. The molecule has 12 N–H and O–H groups in total. The first-order valence-corrected chi connectivity index (χ1v) is 22.6. The van der Waals surface area contributed by atoms with Gasteiger partial charge < -0.3 is 60.6 Å². The second-order valence-electron chi connectivity index (χ2n) is 14.1. The van der Waals surface area contributed by atoms with E-state index in [0.717, 1.165) is 29.4 Å². The first-order chi connectivity index (χ1) is 29.5. The maximum Gasteiger partial charge on any atom is 0.472 e. The summed E-state index contributed by atoms with van der Waals surface area (Å²) in [6, 6.07) is 1.14. The van der Waals surface area contributed by atoms with Gasteiger partial charge in [-0.2, -0.15) is 4.98 Å². The van der Waals surface area contributed by atoms with Gasteiger partial charge in [-0.15, -0.1) is 0 Å². The van der Waals surface area contributed by atoms with Crippen LogP contribution in [0.25, 0.3) is 11.2 Å². The molecule has 0 amide bonds. The van der Waals surface area contributed by atoms with E-state index >= 15 is 0 Å². The lowest BCUT2D eigenvalue weighted by atomic mass is 10.1. The van der Waals surface area contributed by atoms with Crippen molar-refractivity contribution in [3.8, 4) is 0 Å². The largest absolute Gasteiger partial charge is 0.472 e. The highest BCUT2D eigenvalue weighted by Gasteiger charge is 2.51. The van der Waals surface area contributed by atoms with Crippen LogP contribution in [0.3, 0.4) is 0 Å². The SMILES string of the molecule is Cc1cn([C@H]2C[C@H](OP(=O)(O)OC[C@H]3O[C@@H](n4cnc5c(N)ncnc54)[C@H](O)[C@@H]3O)[C@@H](COP(=O)(O)O[C@H]3[C@@H](O)[C@H](n4ccc(N)nc4=O)O[C@@H]3COP(=O)(O)O)O2)c(=O)[nH]c1=O. The summed E-state index contributed by atoms with van der Waals surface area (Å²) in [5, 5.41) is 32.6. The number of aryl methyl sites for hydroxylation is 1. The number of aromatic amines is 1. The van der Waals surface area contributed by atoms with Crippen molar-refractivity contribution in [3.05, 3.63) is 68.0 Å². The van der Waals surface area contributed by atoms with Crippen molar-refractivity contribution in [2.75, 3.05) is 31.3 Å². The zero-order valence-corrected chi connectivity index (χ0v) is 34.7. The van der Waals surface area contributed by atoms with Gasteiger partial charge in [0.25, 0.3) is 5.56 Å². The van der Waals surface area contributed by atoms with Crippen LogP contribution < -0.4 is 28.4 Å². The van der Waals surface area contributed by atoms with Crippen molar-refractivity contribution in [2.45, 2.75) is 80.9 Å². The maximum atomic E-state index is 13.4. The number of aliphatic hydroxyl groups is 3. The molecular weight excluding hydrogens is 917 g/mol. The highest BCUT2D eigenvalue weighted by molar-refractivity contribution is 7.47. The molecule has 3 fully saturated rings. The fourth-order valence-electron chi connectivity index (χ4n) is 6.81. The van der Waals surface area contributed by atoms with Crippen LogP contribution in [0.5, 0.6) is 0 Å². The smallest absolute Gasteiger partial charge is 0.387 e. The summed E-state index contributed by atoms with van der Waals surface area (Å²) in [6.45, 7) is -1.62. The molecule has 3 aliphatic rings. The molecule has 2 unspecified atom stereocenters. The molecule has 346 valence electrons. The number of imidazole rings is 1. The molecule has 31 nitrogen and oxygen atoms in total. The lowest BCUT2D eigenvalue weighted by Gasteiger charge is -2.25. The Labute approximate surface area is 350 Å². The van der Waals surface area contributed by atoms with Crippen LogP contribution in [0.2, 0.25) is 0 Å². The van der Waals surface area contributed by atoms with Gasteiger partial charge in [-0.1, -0.05) is 0 Å². The Balaban J connectivity index is 1.06. The molecule has 7 rings (SSSR count). The number of nitrogen functional groups attached to an aromatic ring is 2. The molecule has 0 aliphatic carbocycles. The lowest BCUT2D eigenvalue weighted by Crippen LogP contribution is -2.38. The van der Waals surface area contributed by atoms with Crippen molar-refractivity contribution >= 4 is 46.3 Å². The highest BCUT2D eigenvalue weighted by Crippen LogP contribution is 2.52. The minimum Gasteiger partial charge on any atom is -0.387 e. The summed E-state index contributed by atoms with van der Waals surface area (Å²) < 4.78 is 83.4. The second kappa shape index (κ2) is 18.0. The molecule has 3 saturated heterocycles. The van der Waals surface area contributed by atoms with Crippen LogP contribution in [0.15, 0.2) is 45.5 Å². The van der Waals surface area contributed by atoms with Crippen molar-refractivity contribution in [3.63, 3.8) is 0 Å².